The molecule has 2 aromatic rings. The largest absolute Gasteiger partial charge is 0.439 e. The van der Waals surface area contributed by atoms with E-state index >= 15 is 0 Å². The minimum atomic E-state index is -0.609. The summed E-state index contributed by atoms with van der Waals surface area (Å²) < 4.78 is 4.91. The van der Waals surface area contributed by atoms with Gasteiger partial charge in [-0.2, -0.15) is 4.98 Å². The molecule has 0 saturated heterocycles. The fraction of sp³-hybridized carbons (Fsp3) is 0.400. The van der Waals surface area contributed by atoms with Gasteiger partial charge in [0.05, 0.1) is 11.9 Å². The highest BCUT2D eigenvalue weighted by molar-refractivity contribution is 5.73. The monoisotopic (exact) mass is 205 g/mol. The lowest BCUT2D eigenvalue weighted by Crippen LogP contribution is -2.20. The molecule has 0 N–H and O–H groups in total. The molecule has 0 aliphatic rings. The van der Waals surface area contributed by atoms with Gasteiger partial charge in [0.25, 0.3) is 0 Å². The Balaban J connectivity index is 2.89. The SMILES string of the molecule is CC(C)(C)c1nc(=O)oc2cncnc12. The summed E-state index contributed by atoms with van der Waals surface area (Å²) in [6.07, 6.45) is 2.89. The first-order valence-electron chi connectivity index (χ1n) is 4.60. The summed E-state index contributed by atoms with van der Waals surface area (Å²) in [7, 11) is 0. The molecule has 15 heavy (non-hydrogen) atoms. The van der Waals surface area contributed by atoms with E-state index in [-0.39, 0.29) is 5.41 Å². The van der Waals surface area contributed by atoms with Gasteiger partial charge in [-0.1, -0.05) is 20.8 Å². The zero-order chi connectivity index (χ0) is 11.1. The molecule has 2 rings (SSSR count). The van der Waals surface area contributed by atoms with Gasteiger partial charge in [-0.15, -0.1) is 0 Å². The molecule has 0 aliphatic heterocycles. The van der Waals surface area contributed by atoms with Crippen molar-refractivity contribution in [2.24, 2.45) is 0 Å². The lowest BCUT2D eigenvalue weighted by atomic mass is 9.91. The third kappa shape index (κ3) is 1.72. The molecule has 0 fully saturated rings. The molecule has 0 unspecified atom stereocenters. The van der Waals surface area contributed by atoms with Gasteiger partial charge in [-0.05, 0) is 0 Å². The molecule has 0 amide bonds. The molecule has 0 atom stereocenters. The zero-order valence-corrected chi connectivity index (χ0v) is 8.81. The Bertz CT molecular complexity index is 554. The van der Waals surface area contributed by atoms with E-state index in [0.29, 0.717) is 16.8 Å². The van der Waals surface area contributed by atoms with Crippen molar-refractivity contribution in [1.29, 1.82) is 0 Å². The first kappa shape index (κ1) is 9.76. The maximum absolute atomic E-state index is 11.2. The molecule has 0 aliphatic carbocycles. The Morgan fingerprint density at radius 2 is 2.07 bits per heavy atom. The first-order valence-corrected chi connectivity index (χ1v) is 4.60. The van der Waals surface area contributed by atoms with E-state index in [9.17, 15) is 4.79 Å². The van der Waals surface area contributed by atoms with Gasteiger partial charge in [0.15, 0.2) is 5.58 Å². The number of nitrogens with zero attached hydrogens (tertiary/aromatic N) is 3. The normalized spacial score (nSPS) is 11.9. The smallest absolute Gasteiger partial charge is 0.405 e. The van der Waals surface area contributed by atoms with Gasteiger partial charge in [-0.25, -0.2) is 14.8 Å². The number of hydrogen-bond donors (Lipinski definition) is 0. The quantitative estimate of drug-likeness (QED) is 0.647. The molecule has 0 aromatic carbocycles. The third-order valence-corrected chi connectivity index (χ3v) is 2.01. The van der Waals surface area contributed by atoms with Crippen LogP contribution in [0, 0.1) is 0 Å². The van der Waals surface area contributed by atoms with Crippen LogP contribution in [0.5, 0.6) is 0 Å². The fourth-order valence-corrected chi connectivity index (χ4v) is 1.35. The molecular formula is C10H11N3O2. The standard InChI is InChI=1S/C10H11N3O2/c1-10(2,3)8-7-6(4-11-5-12-7)15-9(14)13-8/h4-5H,1-3H3. The molecule has 0 saturated carbocycles. The highest BCUT2D eigenvalue weighted by Gasteiger charge is 2.21. The summed E-state index contributed by atoms with van der Waals surface area (Å²) in [6, 6.07) is 0. The number of fused-ring (bicyclic) bond motifs is 1. The van der Waals surface area contributed by atoms with E-state index in [2.05, 4.69) is 15.0 Å². The van der Waals surface area contributed by atoms with Crippen LogP contribution in [-0.4, -0.2) is 15.0 Å². The second-order valence-corrected chi connectivity index (χ2v) is 4.31. The molecular weight excluding hydrogens is 194 g/mol. The van der Waals surface area contributed by atoms with Crippen molar-refractivity contribution < 1.29 is 4.42 Å². The Labute approximate surface area is 86.2 Å². The summed E-state index contributed by atoms with van der Waals surface area (Å²) in [4.78, 5) is 23.0. The van der Waals surface area contributed by atoms with Crippen LogP contribution in [0.3, 0.4) is 0 Å². The zero-order valence-electron chi connectivity index (χ0n) is 8.81. The van der Waals surface area contributed by atoms with Gasteiger partial charge >= 0.3 is 5.76 Å². The summed E-state index contributed by atoms with van der Waals surface area (Å²) in [5.74, 6) is -0.609. The van der Waals surface area contributed by atoms with E-state index in [1.165, 1.54) is 12.5 Å². The average Bonchev–Trinajstić information content (AvgIpc) is 2.15. The Morgan fingerprint density at radius 1 is 1.33 bits per heavy atom. The van der Waals surface area contributed by atoms with Crippen LogP contribution in [0.15, 0.2) is 21.7 Å². The Morgan fingerprint density at radius 3 is 2.73 bits per heavy atom. The van der Waals surface area contributed by atoms with Crippen LogP contribution in [0.4, 0.5) is 0 Å². The van der Waals surface area contributed by atoms with Crippen LogP contribution in [0.25, 0.3) is 11.1 Å². The predicted molar refractivity (Wildman–Crippen MR) is 54.6 cm³/mol. The average molecular weight is 205 g/mol. The lowest BCUT2D eigenvalue weighted by molar-refractivity contribution is 0.495. The molecule has 5 nitrogen and oxygen atoms in total. The van der Waals surface area contributed by atoms with Gasteiger partial charge < -0.3 is 4.42 Å². The lowest BCUT2D eigenvalue weighted by Gasteiger charge is -2.17. The van der Waals surface area contributed by atoms with Crippen LogP contribution >= 0.6 is 0 Å². The first-order chi connectivity index (χ1) is 6.98. The van der Waals surface area contributed by atoms with Crippen LogP contribution < -0.4 is 5.76 Å². The van der Waals surface area contributed by atoms with Crippen LogP contribution in [0.1, 0.15) is 26.5 Å². The highest BCUT2D eigenvalue weighted by atomic mass is 16.4. The summed E-state index contributed by atoms with van der Waals surface area (Å²) in [6.45, 7) is 5.91. The maximum Gasteiger partial charge on any atom is 0.439 e. The van der Waals surface area contributed by atoms with Crippen molar-refractivity contribution in [2.75, 3.05) is 0 Å². The third-order valence-electron chi connectivity index (χ3n) is 2.01. The van der Waals surface area contributed by atoms with E-state index < -0.39 is 5.76 Å². The summed E-state index contributed by atoms with van der Waals surface area (Å²) in [5, 5.41) is 0. The minimum Gasteiger partial charge on any atom is -0.405 e. The second kappa shape index (κ2) is 3.12. The molecule has 78 valence electrons. The number of aromatic nitrogens is 3. The second-order valence-electron chi connectivity index (χ2n) is 4.31. The maximum atomic E-state index is 11.2. The van der Waals surface area contributed by atoms with Crippen molar-refractivity contribution >= 4 is 11.1 Å². The van der Waals surface area contributed by atoms with Crippen molar-refractivity contribution in [2.45, 2.75) is 26.2 Å². The Kier molecular flexibility index (Phi) is 2.03. The van der Waals surface area contributed by atoms with E-state index in [0.717, 1.165) is 0 Å². The topological polar surface area (TPSA) is 68.9 Å². The van der Waals surface area contributed by atoms with Crippen LogP contribution in [-0.2, 0) is 5.41 Å². The van der Waals surface area contributed by atoms with Gasteiger partial charge in [0, 0.05) is 5.41 Å². The molecule has 2 heterocycles. The van der Waals surface area contributed by atoms with Crippen molar-refractivity contribution in [3.05, 3.63) is 28.8 Å². The minimum absolute atomic E-state index is 0.247. The van der Waals surface area contributed by atoms with E-state index in [1.54, 1.807) is 0 Å². The predicted octanol–water partition coefficient (Wildman–Crippen LogP) is 1.28. The van der Waals surface area contributed by atoms with Gasteiger partial charge in [0.1, 0.15) is 11.8 Å². The van der Waals surface area contributed by atoms with E-state index in [4.69, 9.17) is 4.42 Å². The van der Waals surface area contributed by atoms with E-state index in [1.807, 2.05) is 20.8 Å². The molecule has 0 bridgehead atoms. The highest BCUT2D eigenvalue weighted by Crippen LogP contribution is 2.24. The number of rotatable bonds is 0. The van der Waals surface area contributed by atoms with Crippen LogP contribution in [0.2, 0.25) is 0 Å². The van der Waals surface area contributed by atoms with Crippen molar-refractivity contribution in [3.63, 3.8) is 0 Å². The summed E-state index contributed by atoms with van der Waals surface area (Å²) in [5.41, 5.74) is 1.36. The molecule has 0 spiro atoms. The fourth-order valence-electron chi connectivity index (χ4n) is 1.35. The summed E-state index contributed by atoms with van der Waals surface area (Å²) >= 11 is 0. The molecule has 0 radical (unpaired) electrons. The van der Waals surface area contributed by atoms with Gasteiger partial charge in [-0.3, -0.25) is 0 Å². The van der Waals surface area contributed by atoms with Crippen molar-refractivity contribution in [1.82, 2.24) is 15.0 Å². The van der Waals surface area contributed by atoms with Gasteiger partial charge in [0.2, 0.25) is 0 Å². The molecule has 2 aromatic heterocycles. The van der Waals surface area contributed by atoms with Crippen molar-refractivity contribution in [3.8, 4) is 0 Å². The molecule has 5 heteroatoms. The Hall–Kier alpha value is -1.78. The number of hydrogen-bond acceptors (Lipinski definition) is 5.